The predicted octanol–water partition coefficient (Wildman–Crippen LogP) is 6.11. The summed E-state index contributed by atoms with van der Waals surface area (Å²) in [5, 5.41) is 3.13. The van der Waals surface area contributed by atoms with E-state index in [4.69, 9.17) is 0 Å². The monoisotopic (exact) mass is 559 g/mol. The summed E-state index contributed by atoms with van der Waals surface area (Å²) in [7, 11) is -3.99. The first-order valence-corrected chi connectivity index (χ1v) is 15.0. The topological polar surface area (TPSA) is 92.2 Å². The molecule has 1 aromatic heterocycles. The van der Waals surface area contributed by atoms with E-state index in [1.807, 2.05) is 74.5 Å². The number of aromatic nitrogens is 2. The van der Waals surface area contributed by atoms with Crippen LogP contribution in [0.5, 0.6) is 0 Å². The van der Waals surface area contributed by atoms with Crippen LogP contribution in [0.4, 0.5) is 0 Å². The summed E-state index contributed by atoms with van der Waals surface area (Å²) in [6.07, 6.45) is 1.33. The number of benzene rings is 3. The van der Waals surface area contributed by atoms with Gasteiger partial charge in [0.05, 0.1) is 22.8 Å². The maximum absolute atomic E-state index is 13.9. The Bertz CT molecular complexity index is 1640. The Morgan fingerprint density at radius 1 is 0.925 bits per heavy atom. The van der Waals surface area contributed by atoms with Gasteiger partial charge in [-0.3, -0.25) is 14.7 Å². The van der Waals surface area contributed by atoms with Crippen LogP contribution in [-0.4, -0.2) is 41.4 Å². The van der Waals surface area contributed by atoms with E-state index in [9.17, 15) is 18.0 Å². The second-order valence-electron chi connectivity index (χ2n) is 11.0. The van der Waals surface area contributed by atoms with Crippen LogP contribution in [0.3, 0.4) is 0 Å². The van der Waals surface area contributed by atoms with Gasteiger partial charge in [-0.1, -0.05) is 94.8 Å². The zero-order valence-corrected chi connectivity index (χ0v) is 24.6. The van der Waals surface area contributed by atoms with Gasteiger partial charge in [-0.2, -0.15) is 4.31 Å². The number of unbranched alkanes of at least 4 members (excludes halogenated alkanes) is 1. The molecule has 4 aromatic rings. The summed E-state index contributed by atoms with van der Waals surface area (Å²) in [6, 6.07) is 23.3. The van der Waals surface area contributed by atoms with Crippen molar-refractivity contribution < 1.29 is 13.2 Å². The largest absolute Gasteiger partial charge is 0.292 e. The number of nitrogens with one attached hydrogen (secondary N) is 1. The number of carbonyl (C=O) groups excluding carboxylic acids is 1. The molecule has 1 N–H and O–H groups in total. The molecule has 8 heteroatoms. The molecule has 1 heterocycles. The minimum atomic E-state index is -3.99. The maximum Gasteiger partial charge on any atom is 0.282 e. The number of hydrogen-bond acceptors (Lipinski definition) is 4. The van der Waals surface area contributed by atoms with Crippen LogP contribution in [0.25, 0.3) is 16.9 Å². The lowest BCUT2D eigenvalue weighted by Gasteiger charge is -2.23. The minimum Gasteiger partial charge on any atom is -0.292 e. The van der Waals surface area contributed by atoms with Gasteiger partial charge in [0.15, 0.2) is 5.78 Å². The van der Waals surface area contributed by atoms with E-state index >= 15 is 0 Å². The Balaban J connectivity index is 1.77. The number of H-pyrrole nitrogens is 1. The summed E-state index contributed by atoms with van der Waals surface area (Å²) < 4.78 is 30.1. The van der Waals surface area contributed by atoms with Gasteiger partial charge in [0, 0.05) is 12.1 Å². The number of para-hydroxylation sites is 1. The van der Waals surface area contributed by atoms with E-state index in [1.54, 1.807) is 18.2 Å². The second kappa shape index (κ2) is 11.8. The molecule has 7 nitrogen and oxygen atoms in total. The van der Waals surface area contributed by atoms with Crippen LogP contribution in [0.1, 0.15) is 62.0 Å². The molecule has 4 rings (SSSR count). The lowest BCUT2D eigenvalue weighted by atomic mass is 9.87. The Morgan fingerprint density at radius 2 is 1.55 bits per heavy atom. The molecule has 0 unspecified atom stereocenters. The SMILES string of the molecule is CCCCN(CC(=O)c1c(-c2ccccc2)[nH]n(-c2ccccc2C)c1=O)S(=O)(=O)c1ccc(C(C)(C)C)cc1. The summed E-state index contributed by atoms with van der Waals surface area (Å²) in [5.41, 5.74) is 2.82. The fraction of sp³-hybridized carbons (Fsp3) is 0.312. The van der Waals surface area contributed by atoms with Crippen LogP contribution in [0.15, 0.2) is 88.6 Å². The van der Waals surface area contributed by atoms with Crippen molar-refractivity contribution in [2.45, 2.75) is 57.8 Å². The van der Waals surface area contributed by atoms with E-state index in [0.29, 0.717) is 23.4 Å². The summed E-state index contributed by atoms with van der Waals surface area (Å²) in [4.78, 5) is 27.8. The molecular weight excluding hydrogens is 522 g/mol. The number of sulfonamides is 1. The molecule has 0 bridgehead atoms. The van der Waals surface area contributed by atoms with Gasteiger partial charge < -0.3 is 0 Å². The third kappa shape index (κ3) is 6.03. The van der Waals surface area contributed by atoms with Crippen molar-refractivity contribution in [1.82, 2.24) is 14.1 Å². The second-order valence-corrected chi connectivity index (χ2v) is 13.0. The van der Waals surface area contributed by atoms with Crippen LogP contribution in [0.2, 0.25) is 0 Å². The standard InChI is InChI=1S/C32H37N3O4S/c1-6-7-21-34(40(38,39)26-19-17-25(18-20-26)32(3,4)5)22-28(36)29-30(24-14-9-8-10-15-24)33-35(31(29)37)27-16-12-11-13-23(27)2/h8-20,33H,6-7,21-22H2,1-5H3. The molecule has 0 amide bonds. The van der Waals surface area contributed by atoms with Crippen LogP contribution < -0.4 is 5.56 Å². The van der Waals surface area contributed by atoms with Crippen LogP contribution in [-0.2, 0) is 15.4 Å². The van der Waals surface area contributed by atoms with Gasteiger partial charge in [0.2, 0.25) is 10.0 Å². The fourth-order valence-corrected chi connectivity index (χ4v) is 6.06. The average molecular weight is 560 g/mol. The highest BCUT2D eigenvalue weighted by molar-refractivity contribution is 7.89. The smallest absolute Gasteiger partial charge is 0.282 e. The lowest BCUT2D eigenvalue weighted by Crippen LogP contribution is -2.38. The first kappa shape index (κ1) is 29.2. The van der Waals surface area contributed by atoms with E-state index < -0.39 is 27.9 Å². The fourth-order valence-electron chi connectivity index (χ4n) is 4.63. The number of nitrogens with zero attached hydrogens (tertiary/aromatic N) is 2. The van der Waals surface area contributed by atoms with Crippen molar-refractivity contribution in [2.75, 3.05) is 13.1 Å². The van der Waals surface area contributed by atoms with Crippen LogP contribution >= 0.6 is 0 Å². The Hall–Kier alpha value is -3.75. The van der Waals surface area contributed by atoms with Gasteiger partial charge in [-0.15, -0.1) is 0 Å². The average Bonchev–Trinajstić information content (AvgIpc) is 3.28. The molecular formula is C32H37N3O4S. The van der Waals surface area contributed by atoms with Gasteiger partial charge in [0.1, 0.15) is 5.56 Å². The molecule has 0 aliphatic heterocycles. The highest BCUT2D eigenvalue weighted by Gasteiger charge is 2.31. The number of hydrogen-bond donors (Lipinski definition) is 1. The number of carbonyl (C=O) groups is 1. The summed E-state index contributed by atoms with van der Waals surface area (Å²) >= 11 is 0. The van der Waals surface area contributed by atoms with Crippen molar-refractivity contribution >= 4 is 15.8 Å². The highest BCUT2D eigenvalue weighted by Crippen LogP contribution is 2.26. The first-order valence-electron chi connectivity index (χ1n) is 13.6. The molecule has 0 radical (unpaired) electrons. The highest BCUT2D eigenvalue weighted by atomic mass is 32.2. The number of Topliss-reactive ketones (excluding diaryl/α,β-unsaturated/α-hetero) is 1. The van der Waals surface area contributed by atoms with Crippen molar-refractivity contribution in [2.24, 2.45) is 0 Å². The first-order chi connectivity index (χ1) is 18.9. The Labute approximate surface area is 236 Å². The van der Waals surface area contributed by atoms with E-state index in [2.05, 4.69) is 25.9 Å². The number of rotatable bonds is 10. The van der Waals surface area contributed by atoms with Crippen molar-refractivity contribution in [3.8, 4) is 16.9 Å². The summed E-state index contributed by atoms with van der Waals surface area (Å²) in [6.45, 7) is 9.77. The van der Waals surface area contributed by atoms with Gasteiger partial charge >= 0.3 is 0 Å². The van der Waals surface area contributed by atoms with E-state index in [1.165, 1.54) is 8.99 Å². The third-order valence-corrected chi connectivity index (χ3v) is 8.89. The molecule has 0 aliphatic rings. The zero-order chi connectivity index (χ0) is 29.1. The predicted molar refractivity (Wildman–Crippen MR) is 160 cm³/mol. The van der Waals surface area contributed by atoms with Gasteiger partial charge in [-0.05, 0) is 48.1 Å². The van der Waals surface area contributed by atoms with E-state index in [-0.39, 0.29) is 22.4 Å². The lowest BCUT2D eigenvalue weighted by molar-refractivity contribution is 0.0965. The molecule has 0 aliphatic carbocycles. The zero-order valence-electron chi connectivity index (χ0n) is 23.8. The minimum absolute atomic E-state index is 0.0609. The number of aromatic amines is 1. The number of ketones is 1. The van der Waals surface area contributed by atoms with Gasteiger partial charge in [0.25, 0.3) is 5.56 Å². The molecule has 40 heavy (non-hydrogen) atoms. The van der Waals surface area contributed by atoms with Crippen molar-refractivity contribution in [3.63, 3.8) is 0 Å². The normalized spacial score (nSPS) is 12.2. The van der Waals surface area contributed by atoms with E-state index in [0.717, 1.165) is 17.5 Å². The molecule has 210 valence electrons. The molecule has 0 atom stereocenters. The van der Waals surface area contributed by atoms with Gasteiger partial charge in [-0.25, -0.2) is 13.1 Å². The number of aryl methyl sites for hydroxylation is 1. The quantitative estimate of drug-likeness (QED) is 0.237. The molecule has 0 saturated carbocycles. The van der Waals surface area contributed by atoms with Crippen LogP contribution in [0, 0.1) is 6.92 Å². The third-order valence-electron chi connectivity index (χ3n) is 7.03. The molecule has 0 fully saturated rings. The van der Waals surface area contributed by atoms with Crippen molar-refractivity contribution in [3.05, 3.63) is 106 Å². The summed E-state index contributed by atoms with van der Waals surface area (Å²) in [5.74, 6) is -0.557. The maximum atomic E-state index is 13.9. The molecule has 0 saturated heterocycles. The Morgan fingerprint density at radius 3 is 2.15 bits per heavy atom. The molecule has 0 spiro atoms. The molecule has 3 aromatic carbocycles. The van der Waals surface area contributed by atoms with Crippen molar-refractivity contribution in [1.29, 1.82) is 0 Å². The Kier molecular flexibility index (Phi) is 8.61.